The van der Waals surface area contributed by atoms with Gasteiger partial charge in [0.15, 0.2) is 5.78 Å². The maximum absolute atomic E-state index is 12.4. The summed E-state index contributed by atoms with van der Waals surface area (Å²) in [5, 5.41) is 0. The van der Waals surface area contributed by atoms with Crippen molar-refractivity contribution in [1.29, 1.82) is 0 Å². The summed E-state index contributed by atoms with van der Waals surface area (Å²) in [4.78, 5) is 26.5. The Bertz CT molecular complexity index is 864. The van der Waals surface area contributed by atoms with Crippen LogP contribution in [0.5, 0.6) is 0 Å². The van der Waals surface area contributed by atoms with E-state index in [0.29, 0.717) is 12.5 Å². The lowest BCUT2D eigenvalue weighted by Gasteiger charge is -2.26. The predicted octanol–water partition coefficient (Wildman–Crippen LogP) is 5.32. The first-order valence-corrected chi connectivity index (χ1v) is 10.9. The van der Waals surface area contributed by atoms with Crippen molar-refractivity contribution in [2.45, 2.75) is 65.5 Å². The molecular formula is C25H34N2O3. The van der Waals surface area contributed by atoms with Crippen molar-refractivity contribution >= 4 is 11.9 Å². The minimum Gasteiger partial charge on any atom is -0.444 e. The maximum Gasteiger partial charge on any atom is 0.410 e. The molecule has 1 aliphatic rings. The fourth-order valence-electron chi connectivity index (χ4n) is 4.13. The fraction of sp³-hybridized carbons (Fsp3) is 0.520. The summed E-state index contributed by atoms with van der Waals surface area (Å²) in [5.74, 6) is 0.556. The van der Waals surface area contributed by atoms with Crippen LogP contribution in [0.2, 0.25) is 0 Å². The number of carbonyl (C=O) groups excluding carboxylic acids is 2. The highest BCUT2D eigenvalue weighted by Gasteiger charge is 2.26. The van der Waals surface area contributed by atoms with Crippen molar-refractivity contribution in [2.75, 3.05) is 13.1 Å². The number of ether oxygens (including phenoxy) is 1. The number of carbonyl (C=O) groups is 2. The van der Waals surface area contributed by atoms with Crippen molar-refractivity contribution < 1.29 is 14.3 Å². The van der Waals surface area contributed by atoms with E-state index >= 15 is 0 Å². The van der Waals surface area contributed by atoms with Crippen molar-refractivity contribution in [2.24, 2.45) is 5.92 Å². The number of Topliss-reactive ketones (excluding diaryl/α,β-unsaturated/α-hetero) is 1. The van der Waals surface area contributed by atoms with Gasteiger partial charge in [0.1, 0.15) is 5.60 Å². The van der Waals surface area contributed by atoms with Crippen LogP contribution in [-0.2, 0) is 17.7 Å². The van der Waals surface area contributed by atoms with Crippen LogP contribution >= 0.6 is 0 Å². The molecule has 0 aliphatic carbocycles. The molecule has 1 aromatic heterocycles. The summed E-state index contributed by atoms with van der Waals surface area (Å²) < 4.78 is 7.76. The smallest absolute Gasteiger partial charge is 0.410 e. The molecule has 0 saturated carbocycles. The molecule has 2 heterocycles. The van der Waals surface area contributed by atoms with Crippen LogP contribution < -0.4 is 0 Å². The summed E-state index contributed by atoms with van der Waals surface area (Å²) in [7, 11) is 0. The van der Waals surface area contributed by atoms with Crippen molar-refractivity contribution in [3.63, 3.8) is 0 Å². The summed E-state index contributed by atoms with van der Waals surface area (Å²) >= 11 is 0. The first-order valence-electron chi connectivity index (χ1n) is 10.9. The van der Waals surface area contributed by atoms with E-state index < -0.39 is 5.60 Å². The van der Waals surface area contributed by atoms with Crippen LogP contribution in [0.3, 0.4) is 0 Å². The number of rotatable bonds is 5. The van der Waals surface area contributed by atoms with E-state index in [4.69, 9.17) is 4.74 Å². The molecule has 1 aliphatic heterocycles. The average Bonchev–Trinajstić information content (AvgIpc) is 2.90. The number of amides is 1. The van der Waals surface area contributed by atoms with E-state index in [9.17, 15) is 9.59 Å². The van der Waals surface area contributed by atoms with Crippen molar-refractivity contribution in [3.05, 3.63) is 59.4 Å². The van der Waals surface area contributed by atoms with Gasteiger partial charge in [-0.3, -0.25) is 4.79 Å². The normalized spacial score (nSPS) is 17.5. The maximum atomic E-state index is 12.4. The van der Waals surface area contributed by atoms with E-state index in [1.165, 1.54) is 5.56 Å². The third-order valence-corrected chi connectivity index (χ3v) is 5.64. The van der Waals surface area contributed by atoms with Gasteiger partial charge in [-0.25, -0.2) is 4.79 Å². The first kappa shape index (κ1) is 22.1. The highest BCUT2D eigenvalue weighted by atomic mass is 16.6. The van der Waals surface area contributed by atoms with Gasteiger partial charge < -0.3 is 14.2 Å². The summed E-state index contributed by atoms with van der Waals surface area (Å²) in [6.07, 6.45) is 5.60. The molecule has 2 aromatic rings. The largest absolute Gasteiger partial charge is 0.444 e. The first-order chi connectivity index (χ1) is 14.2. The molecule has 1 atom stereocenters. The number of likely N-dealkylation sites (tertiary alicyclic amines) is 1. The topological polar surface area (TPSA) is 51.5 Å². The SMILES string of the molecule is CC(=O)c1ccn(Cc2ccccc2)c1CC1CCCN(C(=O)OC(C)(C)C)CC1. The van der Waals surface area contributed by atoms with E-state index in [0.717, 1.165) is 50.0 Å². The summed E-state index contributed by atoms with van der Waals surface area (Å²) in [6.45, 7) is 9.54. The lowest BCUT2D eigenvalue weighted by atomic mass is 9.93. The Morgan fingerprint density at radius 3 is 2.47 bits per heavy atom. The zero-order valence-corrected chi connectivity index (χ0v) is 18.7. The van der Waals surface area contributed by atoms with Gasteiger partial charge >= 0.3 is 6.09 Å². The van der Waals surface area contributed by atoms with Crippen molar-refractivity contribution in [1.82, 2.24) is 9.47 Å². The molecular weight excluding hydrogens is 376 g/mol. The van der Waals surface area contributed by atoms with Crippen LogP contribution in [0.25, 0.3) is 0 Å². The zero-order valence-electron chi connectivity index (χ0n) is 18.7. The molecule has 1 amide bonds. The number of aromatic nitrogens is 1. The molecule has 0 radical (unpaired) electrons. The van der Waals surface area contributed by atoms with Gasteiger partial charge in [0.25, 0.3) is 0 Å². The molecule has 5 nitrogen and oxygen atoms in total. The molecule has 1 fully saturated rings. The van der Waals surface area contributed by atoms with Gasteiger partial charge in [-0.1, -0.05) is 30.3 Å². The third kappa shape index (κ3) is 5.97. The van der Waals surface area contributed by atoms with E-state index in [1.807, 2.05) is 56.1 Å². The minimum absolute atomic E-state index is 0.112. The van der Waals surface area contributed by atoms with Crippen LogP contribution in [-0.4, -0.2) is 40.0 Å². The summed E-state index contributed by atoms with van der Waals surface area (Å²) in [6, 6.07) is 12.3. The second-order valence-electron chi connectivity index (χ2n) is 9.31. The number of benzene rings is 1. The number of hydrogen-bond acceptors (Lipinski definition) is 3. The molecule has 5 heteroatoms. The Balaban J connectivity index is 1.70. The van der Waals surface area contributed by atoms with Gasteiger partial charge in [0, 0.05) is 37.1 Å². The standard InChI is InChI=1S/C25H34N2O3/c1-19(28)22-13-16-27(18-21-9-6-5-7-10-21)23(22)17-20-11-8-14-26(15-12-20)24(29)30-25(2,3)4/h5-7,9-10,13,16,20H,8,11-12,14-15,17-18H2,1-4H3. The molecule has 1 aromatic carbocycles. The third-order valence-electron chi connectivity index (χ3n) is 5.64. The highest BCUT2D eigenvalue weighted by Crippen LogP contribution is 2.26. The van der Waals surface area contributed by atoms with Crippen LogP contribution in [0.4, 0.5) is 4.79 Å². The molecule has 0 N–H and O–H groups in total. The van der Waals surface area contributed by atoms with E-state index in [1.54, 1.807) is 6.92 Å². The molecule has 30 heavy (non-hydrogen) atoms. The Labute approximate surface area is 180 Å². The molecule has 1 saturated heterocycles. The van der Waals surface area contributed by atoms with Gasteiger partial charge in [-0.15, -0.1) is 0 Å². The Hall–Kier alpha value is -2.56. The Morgan fingerprint density at radius 2 is 1.80 bits per heavy atom. The lowest BCUT2D eigenvalue weighted by Crippen LogP contribution is -2.37. The molecule has 3 rings (SSSR count). The Morgan fingerprint density at radius 1 is 1.07 bits per heavy atom. The molecule has 162 valence electrons. The fourth-order valence-corrected chi connectivity index (χ4v) is 4.13. The van der Waals surface area contributed by atoms with E-state index in [-0.39, 0.29) is 11.9 Å². The molecule has 1 unspecified atom stereocenters. The second kappa shape index (κ2) is 9.50. The number of nitrogens with zero attached hydrogens (tertiary/aromatic N) is 2. The van der Waals surface area contributed by atoms with Gasteiger partial charge in [-0.2, -0.15) is 0 Å². The monoisotopic (exact) mass is 410 g/mol. The minimum atomic E-state index is -0.475. The average molecular weight is 411 g/mol. The Kier molecular flexibility index (Phi) is 7.01. The number of hydrogen-bond donors (Lipinski definition) is 0. The van der Waals surface area contributed by atoms with Gasteiger partial charge in [-0.05, 0) is 70.9 Å². The van der Waals surface area contributed by atoms with Crippen molar-refractivity contribution in [3.8, 4) is 0 Å². The van der Waals surface area contributed by atoms with Gasteiger partial charge in [0.05, 0.1) is 0 Å². The number of ketones is 1. The quantitative estimate of drug-likeness (QED) is 0.627. The van der Waals surface area contributed by atoms with Gasteiger partial charge in [0.2, 0.25) is 0 Å². The zero-order chi connectivity index (χ0) is 21.7. The molecule has 0 spiro atoms. The van der Waals surface area contributed by atoms with Crippen LogP contribution in [0.15, 0.2) is 42.6 Å². The predicted molar refractivity (Wildman–Crippen MR) is 119 cm³/mol. The molecule has 0 bridgehead atoms. The van der Waals surface area contributed by atoms with Crippen LogP contribution in [0, 0.1) is 5.92 Å². The second-order valence-corrected chi connectivity index (χ2v) is 9.31. The summed E-state index contributed by atoms with van der Waals surface area (Å²) in [5.41, 5.74) is 2.68. The highest BCUT2D eigenvalue weighted by molar-refractivity contribution is 5.95. The van der Waals surface area contributed by atoms with E-state index in [2.05, 4.69) is 16.7 Å². The van der Waals surface area contributed by atoms with Crippen LogP contribution in [0.1, 0.15) is 68.6 Å². The lowest BCUT2D eigenvalue weighted by molar-refractivity contribution is 0.0255.